The second-order valence-corrected chi connectivity index (χ2v) is 9.61. The van der Waals surface area contributed by atoms with Crippen molar-refractivity contribution in [2.45, 2.75) is 87.0 Å². The summed E-state index contributed by atoms with van der Waals surface area (Å²) in [6, 6.07) is 6.56. The molecule has 2 nitrogen and oxygen atoms in total. The summed E-state index contributed by atoms with van der Waals surface area (Å²) in [5.41, 5.74) is 6.35. The van der Waals surface area contributed by atoms with Crippen LogP contribution in [0, 0.1) is 11.8 Å². The number of hydrogen-bond donors (Lipinski definition) is 2. The lowest BCUT2D eigenvalue weighted by Crippen LogP contribution is -2.31. The van der Waals surface area contributed by atoms with Crippen molar-refractivity contribution in [2.75, 3.05) is 5.32 Å². The minimum absolute atomic E-state index is 0.434. The molecule has 0 aliphatic carbocycles. The summed E-state index contributed by atoms with van der Waals surface area (Å²) in [5.74, 6) is 1.86. The first-order valence-corrected chi connectivity index (χ1v) is 11.6. The van der Waals surface area contributed by atoms with Crippen LogP contribution in [0.15, 0.2) is 41.6 Å². The first-order chi connectivity index (χ1) is 13.6. The third-order valence-corrected chi connectivity index (χ3v) is 5.20. The molecule has 0 saturated carbocycles. The van der Waals surface area contributed by atoms with Crippen LogP contribution in [0.2, 0.25) is 0 Å². The lowest BCUT2D eigenvalue weighted by atomic mass is 9.92. The smallest absolute Gasteiger partial charge is 0.175 e. The highest BCUT2D eigenvalue weighted by Gasteiger charge is 2.17. The Morgan fingerprint density at radius 1 is 0.966 bits per heavy atom. The summed E-state index contributed by atoms with van der Waals surface area (Å²) < 4.78 is 0. The summed E-state index contributed by atoms with van der Waals surface area (Å²) in [5, 5.41) is 7.81. The maximum absolute atomic E-state index is 5.80. The molecule has 1 aromatic rings. The highest BCUT2D eigenvalue weighted by atomic mass is 32.1. The van der Waals surface area contributed by atoms with Crippen molar-refractivity contribution in [1.82, 2.24) is 5.32 Å². The molecule has 0 radical (unpaired) electrons. The lowest BCUT2D eigenvalue weighted by molar-refractivity contribution is 0.613. The van der Waals surface area contributed by atoms with Gasteiger partial charge in [0.2, 0.25) is 0 Å². The molecule has 0 aliphatic rings. The Hall–Kier alpha value is -1.61. The Kier molecular flexibility index (Phi) is 10.7. The van der Waals surface area contributed by atoms with Gasteiger partial charge in [-0.2, -0.15) is 0 Å². The molecule has 3 heteroatoms. The van der Waals surface area contributed by atoms with E-state index < -0.39 is 0 Å². The highest BCUT2D eigenvalue weighted by Crippen LogP contribution is 2.32. The van der Waals surface area contributed by atoms with Gasteiger partial charge in [-0.05, 0) is 65.4 Å². The highest BCUT2D eigenvalue weighted by molar-refractivity contribution is 7.80. The fourth-order valence-corrected chi connectivity index (χ4v) is 3.74. The molecule has 0 bridgehead atoms. The van der Waals surface area contributed by atoms with E-state index in [-0.39, 0.29) is 0 Å². The van der Waals surface area contributed by atoms with Gasteiger partial charge in [0.05, 0.1) is 0 Å². The molecule has 0 aromatic heterocycles. The van der Waals surface area contributed by atoms with Gasteiger partial charge in [0.1, 0.15) is 0 Å². The van der Waals surface area contributed by atoms with E-state index in [4.69, 9.17) is 12.2 Å². The van der Waals surface area contributed by atoms with Crippen molar-refractivity contribution in [3.05, 3.63) is 52.7 Å². The Bertz CT molecular complexity index is 698. The normalized spacial score (nSPS) is 13.0. The standard InChI is InChI=1S/C26H42N2S/c1-10-11-13-21(18(4)5)24(16-17(2)3)27-26(29)28-25-22(19(6)7)14-12-15-23(25)20(8)9/h11-15,17-20H,10,16H2,1-9H3,(H2,27,28,29)/b13-11-,24-21-. The van der Waals surface area contributed by atoms with Crippen molar-refractivity contribution >= 4 is 23.0 Å². The molecule has 0 heterocycles. The Morgan fingerprint density at radius 3 is 1.93 bits per heavy atom. The zero-order valence-corrected chi connectivity index (χ0v) is 20.8. The van der Waals surface area contributed by atoms with Gasteiger partial charge in [0, 0.05) is 11.4 Å². The quantitative estimate of drug-likeness (QED) is 0.315. The Labute approximate surface area is 185 Å². The number of rotatable bonds is 9. The van der Waals surface area contributed by atoms with Crippen LogP contribution < -0.4 is 10.6 Å². The van der Waals surface area contributed by atoms with Crippen molar-refractivity contribution in [2.24, 2.45) is 11.8 Å². The van der Waals surface area contributed by atoms with Crippen LogP contribution in [0.4, 0.5) is 5.69 Å². The second-order valence-electron chi connectivity index (χ2n) is 9.20. The molecule has 0 unspecified atom stereocenters. The van der Waals surface area contributed by atoms with Gasteiger partial charge < -0.3 is 10.6 Å². The van der Waals surface area contributed by atoms with Crippen LogP contribution in [-0.4, -0.2) is 5.11 Å². The predicted molar refractivity (Wildman–Crippen MR) is 135 cm³/mol. The third-order valence-electron chi connectivity index (χ3n) is 4.99. The summed E-state index contributed by atoms with van der Waals surface area (Å²) >= 11 is 5.80. The monoisotopic (exact) mass is 414 g/mol. The third kappa shape index (κ3) is 7.97. The van der Waals surface area contributed by atoms with Gasteiger partial charge in [0.25, 0.3) is 0 Å². The molecule has 0 aliphatic heterocycles. The topological polar surface area (TPSA) is 24.1 Å². The Morgan fingerprint density at radius 2 is 1.52 bits per heavy atom. The van der Waals surface area contributed by atoms with E-state index in [9.17, 15) is 0 Å². The molecule has 0 spiro atoms. The summed E-state index contributed by atoms with van der Waals surface area (Å²) in [7, 11) is 0. The minimum Gasteiger partial charge on any atom is -0.336 e. The average Bonchev–Trinajstić information content (AvgIpc) is 2.60. The molecular weight excluding hydrogens is 372 g/mol. The van der Waals surface area contributed by atoms with Crippen molar-refractivity contribution in [3.8, 4) is 0 Å². The van der Waals surface area contributed by atoms with Crippen molar-refractivity contribution in [1.29, 1.82) is 0 Å². The van der Waals surface area contributed by atoms with Crippen LogP contribution >= 0.6 is 12.2 Å². The molecule has 1 aromatic carbocycles. The van der Waals surface area contributed by atoms with E-state index in [1.165, 1.54) is 22.4 Å². The molecular formula is C26H42N2S. The van der Waals surface area contributed by atoms with Crippen molar-refractivity contribution in [3.63, 3.8) is 0 Å². The second kappa shape index (κ2) is 12.2. The largest absolute Gasteiger partial charge is 0.336 e. The van der Waals surface area contributed by atoms with E-state index in [1.54, 1.807) is 0 Å². The van der Waals surface area contributed by atoms with Crippen LogP contribution in [0.1, 0.15) is 98.1 Å². The average molecular weight is 415 g/mol. The van der Waals surface area contributed by atoms with Gasteiger partial charge in [-0.3, -0.25) is 0 Å². The fraction of sp³-hybridized carbons (Fsp3) is 0.577. The fourth-order valence-electron chi connectivity index (χ4n) is 3.51. The molecule has 0 atom stereocenters. The first-order valence-electron chi connectivity index (χ1n) is 11.2. The van der Waals surface area contributed by atoms with E-state index >= 15 is 0 Å². The minimum atomic E-state index is 0.434. The van der Waals surface area contributed by atoms with E-state index in [0.29, 0.717) is 28.8 Å². The summed E-state index contributed by atoms with van der Waals surface area (Å²) in [6.07, 6.45) is 6.51. The number of para-hydroxylation sites is 1. The van der Waals surface area contributed by atoms with Crippen LogP contribution in [0.25, 0.3) is 0 Å². The molecule has 0 amide bonds. The maximum Gasteiger partial charge on any atom is 0.175 e. The van der Waals surface area contributed by atoms with Gasteiger partial charge in [-0.15, -0.1) is 0 Å². The van der Waals surface area contributed by atoms with Crippen LogP contribution in [0.3, 0.4) is 0 Å². The van der Waals surface area contributed by atoms with Gasteiger partial charge in [0.15, 0.2) is 5.11 Å². The Balaban J connectivity index is 3.28. The maximum atomic E-state index is 5.80. The van der Waals surface area contributed by atoms with Crippen molar-refractivity contribution < 1.29 is 0 Å². The number of benzene rings is 1. The molecule has 0 saturated heterocycles. The zero-order chi connectivity index (χ0) is 22.1. The predicted octanol–water partition coefficient (Wildman–Crippen LogP) is 8.14. The van der Waals surface area contributed by atoms with Gasteiger partial charge in [-0.1, -0.05) is 92.7 Å². The van der Waals surface area contributed by atoms with Gasteiger partial charge in [-0.25, -0.2) is 0 Å². The summed E-state index contributed by atoms with van der Waals surface area (Å²) in [6.45, 7) is 20.1. The number of anilines is 1. The number of hydrogen-bond acceptors (Lipinski definition) is 1. The summed E-state index contributed by atoms with van der Waals surface area (Å²) in [4.78, 5) is 0. The molecule has 1 rings (SSSR count). The molecule has 0 fully saturated rings. The van der Waals surface area contributed by atoms with Crippen LogP contribution in [-0.2, 0) is 0 Å². The van der Waals surface area contributed by atoms with E-state index in [2.05, 4.69) is 103 Å². The number of allylic oxidation sites excluding steroid dienone is 4. The lowest BCUT2D eigenvalue weighted by Gasteiger charge is -2.24. The first kappa shape index (κ1) is 25.4. The van der Waals surface area contributed by atoms with Gasteiger partial charge >= 0.3 is 0 Å². The van der Waals surface area contributed by atoms with E-state index in [0.717, 1.165) is 18.5 Å². The molecule has 29 heavy (non-hydrogen) atoms. The number of nitrogens with one attached hydrogen (secondary N) is 2. The van der Waals surface area contributed by atoms with Crippen LogP contribution in [0.5, 0.6) is 0 Å². The van der Waals surface area contributed by atoms with E-state index in [1.807, 2.05) is 0 Å². The molecule has 162 valence electrons. The SMILES string of the molecule is CC/C=C\C(=C(/CC(C)C)NC(=S)Nc1c(C(C)C)cccc1C(C)C)C(C)C. The zero-order valence-electron chi connectivity index (χ0n) is 20.0. The number of thiocarbonyl (C=S) groups is 1. The molecule has 2 N–H and O–H groups in total.